The molecule has 80 valence electrons. The Balaban J connectivity index is 2.89. The minimum absolute atomic E-state index is 0.0272. The highest BCUT2D eigenvalue weighted by Gasteiger charge is 2.16. The zero-order chi connectivity index (χ0) is 11.3. The van der Waals surface area contributed by atoms with Gasteiger partial charge in [-0.25, -0.2) is 0 Å². The Labute approximate surface area is 100 Å². The highest BCUT2D eigenvalue weighted by molar-refractivity contribution is 9.08. The maximum absolute atomic E-state index is 9.15. The van der Waals surface area contributed by atoms with Crippen molar-refractivity contribution >= 4 is 15.9 Å². The van der Waals surface area contributed by atoms with Crippen LogP contribution in [-0.4, -0.2) is 0 Å². The summed E-state index contributed by atoms with van der Waals surface area (Å²) in [5, 5.41) is 10.0. The van der Waals surface area contributed by atoms with E-state index in [4.69, 9.17) is 5.26 Å². The molecule has 1 rings (SSSR count). The summed E-state index contributed by atoms with van der Waals surface area (Å²) in [6, 6.07) is 10.7. The van der Waals surface area contributed by atoms with Crippen LogP contribution in [0.4, 0.5) is 0 Å². The fourth-order valence-corrected chi connectivity index (χ4v) is 1.95. The quantitative estimate of drug-likeness (QED) is 0.748. The molecular formula is C13H16BrN. The van der Waals surface area contributed by atoms with Crippen LogP contribution in [0, 0.1) is 17.2 Å². The van der Waals surface area contributed by atoms with Gasteiger partial charge in [-0.15, -0.1) is 0 Å². The third kappa shape index (κ3) is 3.07. The van der Waals surface area contributed by atoms with Crippen molar-refractivity contribution < 1.29 is 0 Å². The van der Waals surface area contributed by atoms with Gasteiger partial charge in [0.05, 0.1) is 12.0 Å². The lowest BCUT2D eigenvalue weighted by Crippen LogP contribution is -2.06. The highest BCUT2D eigenvalue weighted by Crippen LogP contribution is 2.26. The van der Waals surface area contributed by atoms with Crippen molar-refractivity contribution in [2.75, 3.05) is 0 Å². The Kier molecular flexibility index (Phi) is 4.84. The van der Waals surface area contributed by atoms with E-state index in [0.29, 0.717) is 5.92 Å². The van der Waals surface area contributed by atoms with Crippen molar-refractivity contribution in [3.05, 3.63) is 35.4 Å². The van der Waals surface area contributed by atoms with Crippen molar-refractivity contribution in [3.63, 3.8) is 0 Å². The van der Waals surface area contributed by atoms with Crippen molar-refractivity contribution in [2.24, 2.45) is 5.92 Å². The summed E-state index contributed by atoms with van der Waals surface area (Å²) in [6.07, 6.45) is 1.04. The molecule has 0 aliphatic carbocycles. The first-order valence-electron chi connectivity index (χ1n) is 5.27. The topological polar surface area (TPSA) is 23.8 Å². The third-order valence-corrected chi connectivity index (χ3v) is 3.49. The summed E-state index contributed by atoms with van der Waals surface area (Å²) in [4.78, 5) is 0. The van der Waals surface area contributed by atoms with Crippen LogP contribution < -0.4 is 0 Å². The molecule has 0 heterocycles. The number of hydrogen-bond acceptors (Lipinski definition) is 1. The average molecular weight is 266 g/mol. The second-order valence-corrected chi connectivity index (χ2v) is 4.43. The smallest absolute Gasteiger partial charge is 0.0738 e. The monoisotopic (exact) mass is 265 g/mol. The lowest BCUT2D eigenvalue weighted by Gasteiger charge is -2.16. The summed E-state index contributed by atoms with van der Waals surface area (Å²) in [7, 11) is 0. The summed E-state index contributed by atoms with van der Waals surface area (Å²) < 4.78 is 0. The van der Waals surface area contributed by atoms with Crippen LogP contribution in [0.25, 0.3) is 0 Å². The Morgan fingerprint density at radius 1 is 1.33 bits per heavy atom. The number of halogens is 1. The zero-order valence-corrected chi connectivity index (χ0v) is 10.8. The Morgan fingerprint density at radius 3 is 2.33 bits per heavy atom. The molecule has 0 spiro atoms. The lowest BCUT2D eigenvalue weighted by molar-refractivity contribution is 0.514. The van der Waals surface area contributed by atoms with E-state index < -0.39 is 0 Å². The molecule has 1 nitrogen and oxygen atoms in total. The van der Waals surface area contributed by atoms with Crippen LogP contribution in [0.2, 0.25) is 0 Å². The molecule has 0 amide bonds. The van der Waals surface area contributed by atoms with Crippen molar-refractivity contribution in [1.29, 1.82) is 5.26 Å². The predicted octanol–water partition coefficient (Wildman–Crippen LogP) is 4.23. The Morgan fingerprint density at radius 2 is 1.93 bits per heavy atom. The number of hydrogen-bond donors (Lipinski definition) is 0. The van der Waals surface area contributed by atoms with Crippen LogP contribution in [0.5, 0.6) is 0 Å². The fraction of sp³-hybridized carbons (Fsp3) is 0.462. The first-order chi connectivity index (χ1) is 7.22. The summed E-state index contributed by atoms with van der Waals surface area (Å²) >= 11 is 3.41. The molecule has 0 bridgehead atoms. The summed E-state index contributed by atoms with van der Waals surface area (Å²) in [6.45, 7) is 4.26. The summed E-state index contributed by atoms with van der Waals surface area (Å²) in [5.41, 5.74) is 2.39. The molecule has 1 aromatic rings. The van der Waals surface area contributed by atoms with Gasteiger partial charge in [0.1, 0.15) is 0 Å². The number of nitrogens with zero attached hydrogens (tertiary/aromatic N) is 1. The van der Waals surface area contributed by atoms with Gasteiger partial charge in [-0.05, 0) is 17.0 Å². The average Bonchev–Trinajstić information content (AvgIpc) is 2.30. The van der Waals surface area contributed by atoms with E-state index in [2.05, 4.69) is 60.1 Å². The Bertz CT molecular complexity index is 337. The largest absolute Gasteiger partial charge is 0.198 e. The third-order valence-electron chi connectivity index (χ3n) is 2.85. The minimum Gasteiger partial charge on any atom is -0.198 e. The molecule has 15 heavy (non-hydrogen) atoms. The molecular weight excluding hydrogens is 250 g/mol. The van der Waals surface area contributed by atoms with Crippen LogP contribution in [0.3, 0.4) is 0 Å². The van der Waals surface area contributed by atoms with Gasteiger partial charge in [0.2, 0.25) is 0 Å². The molecule has 0 N–H and O–H groups in total. The van der Waals surface area contributed by atoms with E-state index in [9.17, 15) is 0 Å². The standard InChI is InChI=1S/C13H16BrN/c1-3-10(2)13(9-15)12-6-4-11(8-14)5-7-12/h4-7,10,13H,3,8H2,1-2H3. The molecule has 0 saturated carbocycles. The second kappa shape index (κ2) is 5.92. The van der Waals surface area contributed by atoms with E-state index in [-0.39, 0.29) is 5.92 Å². The molecule has 0 aliphatic heterocycles. The maximum Gasteiger partial charge on any atom is 0.0738 e. The van der Waals surface area contributed by atoms with E-state index in [0.717, 1.165) is 17.3 Å². The zero-order valence-electron chi connectivity index (χ0n) is 9.20. The van der Waals surface area contributed by atoms with E-state index >= 15 is 0 Å². The van der Waals surface area contributed by atoms with E-state index in [1.165, 1.54) is 5.56 Å². The van der Waals surface area contributed by atoms with Crippen molar-refractivity contribution in [2.45, 2.75) is 31.5 Å². The molecule has 0 saturated heterocycles. The van der Waals surface area contributed by atoms with Gasteiger partial charge < -0.3 is 0 Å². The van der Waals surface area contributed by atoms with Gasteiger partial charge >= 0.3 is 0 Å². The van der Waals surface area contributed by atoms with Crippen molar-refractivity contribution in [3.8, 4) is 6.07 Å². The molecule has 0 aliphatic rings. The van der Waals surface area contributed by atoms with Crippen LogP contribution in [0.15, 0.2) is 24.3 Å². The molecule has 0 fully saturated rings. The first-order valence-corrected chi connectivity index (χ1v) is 6.39. The summed E-state index contributed by atoms with van der Waals surface area (Å²) in [5.74, 6) is 0.448. The molecule has 0 aromatic heterocycles. The number of alkyl halides is 1. The number of rotatable bonds is 4. The molecule has 2 atom stereocenters. The minimum atomic E-state index is 0.0272. The van der Waals surface area contributed by atoms with Gasteiger partial charge in [-0.1, -0.05) is 60.5 Å². The molecule has 2 unspecified atom stereocenters. The maximum atomic E-state index is 9.15. The normalized spacial score (nSPS) is 14.3. The van der Waals surface area contributed by atoms with E-state index in [1.54, 1.807) is 0 Å². The number of benzene rings is 1. The predicted molar refractivity (Wildman–Crippen MR) is 66.9 cm³/mol. The van der Waals surface area contributed by atoms with E-state index in [1.807, 2.05) is 0 Å². The SMILES string of the molecule is CCC(C)C(C#N)c1ccc(CBr)cc1. The van der Waals surface area contributed by atoms with Crippen LogP contribution in [0.1, 0.15) is 37.3 Å². The number of nitriles is 1. The lowest BCUT2D eigenvalue weighted by atomic mass is 9.86. The van der Waals surface area contributed by atoms with Crippen LogP contribution in [-0.2, 0) is 5.33 Å². The first kappa shape index (κ1) is 12.3. The molecule has 2 heteroatoms. The second-order valence-electron chi connectivity index (χ2n) is 3.87. The fourth-order valence-electron chi connectivity index (χ4n) is 1.58. The Hall–Kier alpha value is -0.810. The van der Waals surface area contributed by atoms with Gasteiger partial charge in [-0.2, -0.15) is 5.26 Å². The van der Waals surface area contributed by atoms with Crippen LogP contribution >= 0.6 is 15.9 Å². The van der Waals surface area contributed by atoms with Gasteiger partial charge in [0, 0.05) is 5.33 Å². The van der Waals surface area contributed by atoms with Gasteiger partial charge in [0.15, 0.2) is 0 Å². The molecule has 1 aromatic carbocycles. The highest BCUT2D eigenvalue weighted by atomic mass is 79.9. The molecule has 0 radical (unpaired) electrons. The van der Waals surface area contributed by atoms with Crippen molar-refractivity contribution in [1.82, 2.24) is 0 Å². The van der Waals surface area contributed by atoms with Gasteiger partial charge in [0.25, 0.3) is 0 Å². The van der Waals surface area contributed by atoms with Gasteiger partial charge in [-0.3, -0.25) is 0 Å².